The molecule has 5 nitrogen and oxygen atoms in total. The highest BCUT2D eigenvalue weighted by atomic mass is 16.6. The van der Waals surface area contributed by atoms with E-state index in [1.165, 1.54) is 6.92 Å². The minimum absolute atomic E-state index is 0.143. The van der Waals surface area contributed by atoms with E-state index in [1.807, 2.05) is 0 Å². The molecule has 0 aliphatic carbocycles. The van der Waals surface area contributed by atoms with Crippen LogP contribution >= 0.6 is 0 Å². The van der Waals surface area contributed by atoms with Gasteiger partial charge in [-0.15, -0.1) is 0 Å². The first-order valence-corrected chi connectivity index (χ1v) is 4.81. The monoisotopic (exact) mass is 221 g/mol. The average Bonchev–Trinajstić information content (AvgIpc) is 2.57. The first-order valence-electron chi connectivity index (χ1n) is 4.81. The number of carbonyl (C=O) groups is 2. The fourth-order valence-corrected chi connectivity index (χ4v) is 1.66. The van der Waals surface area contributed by atoms with Gasteiger partial charge in [0.05, 0.1) is 0 Å². The van der Waals surface area contributed by atoms with Gasteiger partial charge in [-0.1, -0.05) is 18.2 Å². The molecule has 2 rings (SSSR count). The van der Waals surface area contributed by atoms with Crippen LogP contribution in [0.2, 0.25) is 0 Å². The lowest BCUT2D eigenvalue weighted by atomic mass is 10.0. The molecule has 0 bridgehead atoms. The number of carboxylic acid groups (broad SMARTS) is 1. The van der Waals surface area contributed by atoms with Crippen LogP contribution in [0.3, 0.4) is 0 Å². The van der Waals surface area contributed by atoms with Crippen molar-refractivity contribution in [2.24, 2.45) is 0 Å². The van der Waals surface area contributed by atoms with Gasteiger partial charge in [-0.3, -0.25) is 4.90 Å². The summed E-state index contributed by atoms with van der Waals surface area (Å²) < 4.78 is 4.80. The second-order valence-corrected chi connectivity index (χ2v) is 3.80. The quantitative estimate of drug-likeness (QED) is 0.821. The smallest absolute Gasteiger partial charge is 0.415 e. The van der Waals surface area contributed by atoms with Crippen molar-refractivity contribution in [1.29, 1.82) is 0 Å². The third kappa shape index (κ3) is 1.41. The molecular weight excluding hydrogens is 210 g/mol. The largest absolute Gasteiger partial charge is 0.479 e. The highest BCUT2D eigenvalue weighted by Crippen LogP contribution is 2.30. The molecule has 16 heavy (non-hydrogen) atoms. The number of hydrogen-bond donors (Lipinski definition) is 1. The molecule has 0 aromatic heterocycles. The number of carboxylic acids is 1. The standard InChI is InChI=1S/C11H11NO4/c1-11(9(13)14)7-16-10(15)12(11)8-5-3-2-4-6-8/h2-6H,7H2,1H3,(H,13,14). The van der Waals surface area contributed by atoms with E-state index in [4.69, 9.17) is 9.84 Å². The molecule has 1 aromatic carbocycles. The van der Waals surface area contributed by atoms with Crippen LogP contribution in [-0.4, -0.2) is 29.3 Å². The summed E-state index contributed by atoms with van der Waals surface area (Å²) in [6.45, 7) is 1.32. The normalized spacial score (nSPS) is 24.3. The molecule has 1 amide bonds. The van der Waals surface area contributed by atoms with Gasteiger partial charge in [-0.25, -0.2) is 9.59 Å². The molecule has 5 heteroatoms. The third-order valence-corrected chi connectivity index (χ3v) is 2.63. The van der Waals surface area contributed by atoms with Gasteiger partial charge in [0.1, 0.15) is 6.61 Å². The van der Waals surface area contributed by atoms with Crippen LogP contribution in [0.15, 0.2) is 30.3 Å². The van der Waals surface area contributed by atoms with Crippen LogP contribution in [0.1, 0.15) is 6.92 Å². The Morgan fingerprint density at radius 3 is 2.62 bits per heavy atom. The first kappa shape index (κ1) is 10.5. The summed E-state index contributed by atoms with van der Waals surface area (Å²) in [5, 5.41) is 9.15. The van der Waals surface area contributed by atoms with Gasteiger partial charge in [-0.2, -0.15) is 0 Å². The van der Waals surface area contributed by atoms with Crippen molar-refractivity contribution in [2.75, 3.05) is 11.5 Å². The Morgan fingerprint density at radius 2 is 2.06 bits per heavy atom. The molecule has 84 valence electrons. The Kier molecular flexibility index (Phi) is 2.30. The Morgan fingerprint density at radius 1 is 1.44 bits per heavy atom. The van der Waals surface area contributed by atoms with Gasteiger partial charge in [0.25, 0.3) is 0 Å². The molecule has 1 aliphatic heterocycles. The molecule has 1 fully saturated rings. The van der Waals surface area contributed by atoms with Crippen LogP contribution in [-0.2, 0) is 9.53 Å². The number of benzene rings is 1. The number of ether oxygens (including phenoxy) is 1. The molecule has 0 radical (unpaired) electrons. The second kappa shape index (κ2) is 3.52. The highest BCUT2D eigenvalue weighted by molar-refractivity contribution is 6.00. The lowest BCUT2D eigenvalue weighted by Crippen LogP contribution is -2.51. The number of aliphatic carboxylic acids is 1. The van der Waals surface area contributed by atoms with E-state index in [0.29, 0.717) is 5.69 Å². The van der Waals surface area contributed by atoms with E-state index < -0.39 is 17.6 Å². The van der Waals surface area contributed by atoms with Gasteiger partial charge in [0.2, 0.25) is 0 Å². The zero-order chi connectivity index (χ0) is 11.8. The SMILES string of the molecule is CC1(C(=O)O)COC(=O)N1c1ccccc1. The molecule has 1 unspecified atom stereocenters. The topological polar surface area (TPSA) is 66.8 Å². The predicted octanol–water partition coefficient (Wildman–Crippen LogP) is 1.49. The minimum Gasteiger partial charge on any atom is -0.479 e. The van der Waals surface area contributed by atoms with Crippen molar-refractivity contribution in [3.8, 4) is 0 Å². The fraction of sp³-hybridized carbons (Fsp3) is 0.273. The summed E-state index contributed by atoms with van der Waals surface area (Å²) >= 11 is 0. The average molecular weight is 221 g/mol. The zero-order valence-corrected chi connectivity index (χ0v) is 8.71. The summed E-state index contributed by atoms with van der Waals surface area (Å²) in [6.07, 6.45) is -0.629. The number of amides is 1. The maximum Gasteiger partial charge on any atom is 0.415 e. The molecule has 0 saturated carbocycles. The number of cyclic esters (lactones) is 1. The molecule has 1 aliphatic rings. The maximum atomic E-state index is 11.5. The summed E-state index contributed by atoms with van der Waals surface area (Å²) in [6, 6.07) is 8.62. The maximum absolute atomic E-state index is 11.5. The molecule has 1 N–H and O–H groups in total. The van der Waals surface area contributed by atoms with Crippen LogP contribution in [0.25, 0.3) is 0 Å². The van der Waals surface area contributed by atoms with E-state index in [-0.39, 0.29) is 6.61 Å². The van der Waals surface area contributed by atoms with E-state index >= 15 is 0 Å². The summed E-state index contributed by atoms with van der Waals surface area (Å²) in [5.74, 6) is -1.08. The number of para-hydroxylation sites is 1. The Hall–Kier alpha value is -2.04. The molecule has 1 saturated heterocycles. The van der Waals surface area contributed by atoms with Gasteiger partial charge in [-0.05, 0) is 19.1 Å². The van der Waals surface area contributed by atoms with Crippen molar-refractivity contribution in [1.82, 2.24) is 0 Å². The van der Waals surface area contributed by atoms with E-state index in [9.17, 15) is 9.59 Å². The molecule has 1 atom stereocenters. The van der Waals surface area contributed by atoms with Crippen molar-refractivity contribution in [2.45, 2.75) is 12.5 Å². The Bertz CT molecular complexity index is 431. The molecule has 1 aromatic rings. The van der Waals surface area contributed by atoms with E-state index in [1.54, 1.807) is 30.3 Å². The summed E-state index contributed by atoms with van der Waals surface area (Å²) in [4.78, 5) is 23.9. The van der Waals surface area contributed by atoms with Crippen LogP contribution < -0.4 is 4.90 Å². The second-order valence-electron chi connectivity index (χ2n) is 3.80. The van der Waals surface area contributed by atoms with Crippen molar-refractivity contribution in [3.05, 3.63) is 30.3 Å². The number of carbonyl (C=O) groups excluding carboxylic acids is 1. The van der Waals surface area contributed by atoms with Crippen LogP contribution in [0.5, 0.6) is 0 Å². The number of rotatable bonds is 2. The van der Waals surface area contributed by atoms with Crippen LogP contribution in [0, 0.1) is 0 Å². The van der Waals surface area contributed by atoms with Gasteiger partial charge in [0.15, 0.2) is 5.54 Å². The number of anilines is 1. The van der Waals surface area contributed by atoms with Crippen molar-refractivity contribution >= 4 is 17.7 Å². The van der Waals surface area contributed by atoms with Gasteiger partial charge >= 0.3 is 12.1 Å². The van der Waals surface area contributed by atoms with Crippen LogP contribution in [0.4, 0.5) is 10.5 Å². The molecule has 0 spiro atoms. The lowest BCUT2D eigenvalue weighted by Gasteiger charge is -2.27. The minimum atomic E-state index is -1.33. The van der Waals surface area contributed by atoms with Crippen molar-refractivity contribution in [3.63, 3.8) is 0 Å². The fourth-order valence-electron chi connectivity index (χ4n) is 1.66. The van der Waals surface area contributed by atoms with E-state index in [0.717, 1.165) is 4.90 Å². The van der Waals surface area contributed by atoms with E-state index in [2.05, 4.69) is 0 Å². The highest BCUT2D eigenvalue weighted by Gasteiger charge is 2.50. The third-order valence-electron chi connectivity index (χ3n) is 2.63. The summed E-state index contributed by atoms with van der Waals surface area (Å²) in [5.41, 5.74) is -0.812. The Labute approximate surface area is 92.2 Å². The number of nitrogens with zero attached hydrogens (tertiary/aromatic N) is 1. The first-order chi connectivity index (χ1) is 7.55. The molecular formula is C11H11NO4. The molecule has 1 heterocycles. The zero-order valence-electron chi connectivity index (χ0n) is 8.71. The Balaban J connectivity index is 2.45. The lowest BCUT2D eigenvalue weighted by molar-refractivity contribution is -0.142. The predicted molar refractivity (Wildman–Crippen MR) is 56.3 cm³/mol. The van der Waals surface area contributed by atoms with Crippen molar-refractivity contribution < 1.29 is 19.4 Å². The van der Waals surface area contributed by atoms with Gasteiger partial charge in [0, 0.05) is 5.69 Å². The summed E-state index contributed by atoms with van der Waals surface area (Å²) in [7, 11) is 0. The van der Waals surface area contributed by atoms with Gasteiger partial charge < -0.3 is 9.84 Å². The number of hydrogen-bond acceptors (Lipinski definition) is 3.